The van der Waals surface area contributed by atoms with Gasteiger partial charge < -0.3 is 14.3 Å². The van der Waals surface area contributed by atoms with Crippen molar-refractivity contribution in [3.05, 3.63) is 148 Å². The Balaban J connectivity index is 1.24. The summed E-state index contributed by atoms with van der Waals surface area (Å²) >= 11 is 0. The smallest absolute Gasteiger partial charge is 0.418 e. The molecule has 248 valence electrons. The molecule has 1 aliphatic heterocycles. The SMILES string of the molecule is CCOC(=O)n1cc(-n2c(-c3cn(CCCN4C(=O)c5ccccc5C4=O)c4ccccc34)c(Cc3ccccc3)[nH]c2=O)c2ccccc21. The van der Waals surface area contributed by atoms with E-state index in [2.05, 4.69) is 9.55 Å². The third kappa shape index (κ3) is 5.13. The first kappa shape index (κ1) is 30.9. The van der Waals surface area contributed by atoms with Crippen molar-refractivity contribution in [1.29, 1.82) is 0 Å². The third-order valence-electron chi connectivity index (χ3n) is 9.29. The molecule has 0 radical (unpaired) electrons. The molecular formula is C40H33N5O5. The molecule has 1 aliphatic rings. The van der Waals surface area contributed by atoms with Crippen LogP contribution < -0.4 is 5.69 Å². The number of amides is 2. The first-order chi connectivity index (χ1) is 24.4. The van der Waals surface area contributed by atoms with Gasteiger partial charge in [-0.3, -0.25) is 23.6 Å². The minimum absolute atomic E-state index is 0.212. The van der Waals surface area contributed by atoms with E-state index in [1.807, 2.05) is 85.1 Å². The molecule has 0 fully saturated rings. The van der Waals surface area contributed by atoms with Gasteiger partial charge in [0.2, 0.25) is 0 Å². The minimum Gasteiger partial charge on any atom is -0.449 e. The number of rotatable bonds is 9. The summed E-state index contributed by atoms with van der Waals surface area (Å²) in [5, 5.41) is 1.66. The molecule has 4 aromatic carbocycles. The van der Waals surface area contributed by atoms with E-state index in [4.69, 9.17) is 4.74 Å². The van der Waals surface area contributed by atoms with Gasteiger partial charge >= 0.3 is 11.8 Å². The zero-order chi connectivity index (χ0) is 34.4. The predicted molar refractivity (Wildman–Crippen MR) is 191 cm³/mol. The van der Waals surface area contributed by atoms with Gasteiger partial charge in [-0.15, -0.1) is 0 Å². The molecule has 0 bridgehead atoms. The Morgan fingerprint density at radius 3 is 2.06 bits per heavy atom. The summed E-state index contributed by atoms with van der Waals surface area (Å²) in [7, 11) is 0. The number of ether oxygens (including phenoxy) is 1. The number of hydrogen-bond donors (Lipinski definition) is 1. The lowest BCUT2D eigenvalue weighted by Crippen LogP contribution is -2.31. The lowest BCUT2D eigenvalue weighted by atomic mass is 10.0. The van der Waals surface area contributed by atoms with Crippen molar-refractivity contribution in [3.8, 4) is 16.9 Å². The Bertz CT molecular complexity index is 2470. The molecule has 10 heteroatoms. The molecule has 0 saturated heterocycles. The number of H-pyrrole nitrogens is 1. The number of nitrogens with one attached hydrogen (secondary N) is 1. The molecule has 50 heavy (non-hydrogen) atoms. The number of benzene rings is 4. The van der Waals surface area contributed by atoms with E-state index in [1.165, 1.54) is 9.47 Å². The van der Waals surface area contributed by atoms with Gasteiger partial charge in [-0.05, 0) is 43.2 Å². The molecule has 8 rings (SSSR count). The van der Waals surface area contributed by atoms with Crippen LogP contribution in [0.1, 0.15) is 45.3 Å². The molecule has 0 atom stereocenters. The zero-order valence-corrected chi connectivity index (χ0v) is 27.3. The number of para-hydroxylation sites is 2. The molecule has 10 nitrogen and oxygen atoms in total. The van der Waals surface area contributed by atoms with Gasteiger partial charge in [0.25, 0.3) is 11.8 Å². The first-order valence-electron chi connectivity index (χ1n) is 16.6. The summed E-state index contributed by atoms with van der Waals surface area (Å²) in [4.78, 5) is 57.7. The van der Waals surface area contributed by atoms with Gasteiger partial charge in [-0.2, -0.15) is 0 Å². The van der Waals surface area contributed by atoms with Crippen molar-refractivity contribution in [2.24, 2.45) is 0 Å². The maximum absolute atomic E-state index is 14.1. The highest BCUT2D eigenvalue weighted by Gasteiger charge is 2.34. The van der Waals surface area contributed by atoms with Gasteiger partial charge in [0.1, 0.15) is 0 Å². The monoisotopic (exact) mass is 663 g/mol. The maximum Gasteiger partial charge on any atom is 0.418 e. The number of aromatic nitrogens is 4. The average Bonchev–Trinajstić information content (AvgIpc) is 3.86. The predicted octanol–water partition coefficient (Wildman–Crippen LogP) is 7.02. The quantitative estimate of drug-likeness (QED) is 0.167. The van der Waals surface area contributed by atoms with E-state index in [0.29, 0.717) is 47.4 Å². The van der Waals surface area contributed by atoms with Crippen molar-refractivity contribution in [1.82, 2.24) is 23.6 Å². The lowest BCUT2D eigenvalue weighted by molar-refractivity contribution is 0.0650. The first-order valence-corrected chi connectivity index (χ1v) is 16.6. The van der Waals surface area contributed by atoms with Crippen LogP contribution in [0.4, 0.5) is 4.79 Å². The number of carbonyl (C=O) groups is 3. The van der Waals surface area contributed by atoms with E-state index in [1.54, 1.807) is 42.0 Å². The second kappa shape index (κ2) is 12.6. The fourth-order valence-electron chi connectivity index (χ4n) is 7.07. The van der Waals surface area contributed by atoms with E-state index in [9.17, 15) is 19.2 Å². The van der Waals surface area contributed by atoms with Crippen LogP contribution in [0, 0.1) is 0 Å². The van der Waals surface area contributed by atoms with Crippen LogP contribution in [0.2, 0.25) is 0 Å². The Kier molecular flexibility index (Phi) is 7.75. The third-order valence-corrected chi connectivity index (χ3v) is 9.29. The highest BCUT2D eigenvalue weighted by atomic mass is 16.5. The van der Waals surface area contributed by atoms with Gasteiger partial charge in [-0.25, -0.2) is 9.59 Å². The van der Waals surface area contributed by atoms with Crippen LogP contribution in [-0.2, 0) is 17.7 Å². The molecule has 0 spiro atoms. The second-order valence-electron chi connectivity index (χ2n) is 12.3. The molecule has 4 heterocycles. The number of carbonyl (C=O) groups excluding carboxylic acids is 3. The molecule has 2 amide bonds. The molecule has 7 aromatic rings. The van der Waals surface area contributed by atoms with Crippen molar-refractivity contribution in [3.63, 3.8) is 0 Å². The van der Waals surface area contributed by atoms with Crippen molar-refractivity contribution >= 4 is 39.7 Å². The number of aryl methyl sites for hydroxylation is 1. The van der Waals surface area contributed by atoms with Crippen molar-refractivity contribution < 1.29 is 19.1 Å². The molecule has 3 aromatic heterocycles. The number of hydrogen-bond acceptors (Lipinski definition) is 5. The lowest BCUT2D eigenvalue weighted by Gasteiger charge is -2.14. The summed E-state index contributed by atoms with van der Waals surface area (Å²) in [5.74, 6) is -0.542. The van der Waals surface area contributed by atoms with Crippen LogP contribution >= 0.6 is 0 Å². The van der Waals surface area contributed by atoms with Gasteiger partial charge in [-0.1, -0.05) is 78.9 Å². The zero-order valence-electron chi connectivity index (χ0n) is 27.3. The van der Waals surface area contributed by atoms with E-state index >= 15 is 0 Å². The van der Waals surface area contributed by atoms with Crippen LogP contribution in [-0.4, -0.2) is 54.6 Å². The van der Waals surface area contributed by atoms with Crippen molar-refractivity contribution in [2.45, 2.75) is 26.3 Å². The topological polar surface area (TPSA) is 111 Å². The summed E-state index contributed by atoms with van der Waals surface area (Å²) in [6.45, 7) is 2.77. The number of nitrogens with zero attached hydrogens (tertiary/aromatic N) is 4. The second-order valence-corrected chi connectivity index (χ2v) is 12.3. The fourth-order valence-corrected chi connectivity index (χ4v) is 7.07. The summed E-state index contributed by atoms with van der Waals surface area (Å²) in [6, 6.07) is 32.3. The summed E-state index contributed by atoms with van der Waals surface area (Å²) in [6.07, 6.45) is 4.17. The average molecular weight is 664 g/mol. The molecule has 0 saturated carbocycles. The highest BCUT2D eigenvalue weighted by Crippen LogP contribution is 2.36. The van der Waals surface area contributed by atoms with Gasteiger partial charge in [0.05, 0.1) is 34.6 Å². The molecule has 0 unspecified atom stereocenters. The largest absolute Gasteiger partial charge is 0.449 e. The van der Waals surface area contributed by atoms with Crippen LogP contribution in [0.25, 0.3) is 38.8 Å². The van der Waals surface area contributed by atoms with Gasteiger partial charge in [0, 0.05) is 59.5 Å². The van der Waals surface area contributed by atoms with Crippen LogP contribution in [0.5, 0.6) is 0 Å². The maximum atomic E-state index is 14.1. The van der Waals surface area contributed by atoms with Gasteiger partial charge in [0.15, 0.2) is 0 Å². The van der Waals surface area contributed by atoms with Crippen molar-refractivity contribution in [2.75, 3.05) is 13.2 Å². The van der Waals surface area contributed by atoms with Crippen LogP contribution in [0.3, 0.4) is 0 Å². The van der Waals surface area contributed by atoms with E-state index in [-0.39, 0.29) is 30.7 Å². The number of aromatic amines is 1. The van der Waals surface area contributed by atoms with E-state index < -0.39 is 6.09 Å². The van der Waals surface area contributed by atoms with Crippen LogP contribution in [0.15, 0.2) is 120 Å². The Morgan fingerprint density at radius 1 is 0.700 bits per heavy atom. The summed E-state index contributed by atoms with van der Waals surface area (Å²) in [5.41, 5.74) is 5.93. The highest BCUT2D eigenvalue weighted by molar-refractivity contribution is 6.21. The van der Waals surface area contributed by atoms with E-state index in [0.717, 1.165) is 33.1 Å². The normalized spacial score (nSPS) is 12.7. The Labute approximate surface area is 286 Å². The number of fused-ring (bicyclic) bond motifs is 3. The number of imidazole rings is 1. The standard InChI is InChI=1S/C40H33N5O5/c1-2-50-40(49)44-25-35(30-18-9-11-20-34(30)44)45-36(32(41-39(45)48)23-26-13-4-3-5-14-26)31-24-42(33-19-10-8-15-27(31)33)21-12-22-43-37(46)28-16-6-7-17-29(28)38(43)47/h3-11,13-20,24-25H,2,12,21-23H2,1H3,(H,41,48). The Hall–Kier alpha value is -6.42. The fraction of sp³-hybridized carbons (Fsp3) is 0.150. The minimum atomic E-state index is -0.528. The molecule has 0 aliphatic carbocycles. The Morgan fingerprint density at radius 2 is 1.34 bits per heavy atom. The summed E-state index contributed by atoms with van der Waals surface area (Å²) < 4.78 is 10.6. The number of imide groups is 1. The molecular weight excluding hydrogens is 630 g/mol. The molecule has 1 N–H and O–H groups in total.